The van der Waals surface area contributed by atoms with E-state index in [1.807, 2.05) is 36.4 Å². The Hall–Kier alpha value is -2.46. The lowest BCUT2D eigenvalue weighted by Gasteiger charge is -2.13. The van der Waals surface area contributed by atoms with Crippen LogP contribution < -0.4 is 5.43 Å². The maximum atomic E-state index is 12.9. The Kier molecular flexibility index (Phi) is 3.90. The van der Waals surface area contributed by atoms with Crippen LogP contribution in [-0.4, -0.2) is 18.0 Å². The second-order valence-electron chi connectivity index (χ2n) is 5.86. The van der Waals surface area contributed by atoms with Gasteiger partial charge < -0.3 is 5.43 Å². The lowest BCUT2D eigenvalue weighted by Crippen LogP contribution is -2.21. The van der Waals surface area contributed by atoms with E-state index < -0.39 is 0 Å². The third-order valence-electron chi connectivity index (χ3n) is 4.32. The molecule has 3 aromatic rings. The van der Waals surface area contributed by atoms with Crippen molar-refractivity contribution < 1.29 is 4.79 Å². The zero-order valence-electron chi connectivity index (χ0n) is 12.9. The number of carbonyl (C=O) groups is 1. The number of ketones is 1. The standard InChI is InChI=1S/C20H15BrN2O/c21-17-7-3-6-16(11-17)20(24)19-18(12-22-23-19)15-9-8-13-4-1-2-5-14(13)10-15/h1-11,18,22H,12H2. The molecule has 0 fully saturated rings. The van der Waals surface area contributed by atoms with E-state index in [1.54, 1.807) is 0 Å². The summed E-state index contributed by atoms with van der Waals surface area (Å²) >= 11 is 3.42. The summed E-state index contributed by atoms with van der Waals surface area (Å²) < 4.78 is 0.891. The minimum absolute atomic E-state index is 0.0268. The van der Waals surface area contributed by atoms with Gasteiger partial charge in [-0.2, -0.15) is 5.10 Å². The fraction of sp³-hybridized carbons (Fsp3) is 0.100. The zero-order valence-corrected chi connectivity index (χ0v) is 14.5. The fourth-order valence-electron chi connectivity index (χ4n) is 3.08. The molecule has 1 unspecified atom stereocenters. The largest absolute Gasteiger partial charge is 0.309 e. The number of halogens is 1. The third kappa shape index (κ3) is 2.74. The van der Waals surface area contributed by atoms with Crippen molar-refractivity contribution in [2.24, 2.45) is 5.10 Å². The molecule has 1 aliphatic heterocycles. The molecule has 4 rings (SSSR count). The summed E-state index contributed by atoms with van der Waals surface area (Å²) in [7, 11) is 0. The highest BCUT2D eigenvalue weighted by Gasteiger charge is 2.29. The molecule has 0 radical (unpaired) electrons. The van der Waals surface area contributed by atoms with Crippen LogP contribution in [0.25, 0.3) is 10.8 Å². The Morgan fingerprint density at radius 1 is 1.00 bits per heavy atom. The quantitative estimate of drug-likeness (QED) is 0.680. The van der Waals surface area contributed by atoms with Crippen molar-refractivity contribution in [1.82, 2.24) is 5.43 Å². The van der Waals surface area contributed by atoms with Crippen LogP contribution in [0.1, 0.15) is 21.8 Å². The predicted octanol–water partition coefficient (Wildman–Crippen LogP) is 4.53. The molecule has 24 heavy (non-hydrogen) atoms. The van der Waals surface area contributed by atoms with Crippen LogP contribution in [0.3, 0.4) is 0 Å². The second kappa shape index (κ2) is 6.21. The number of hydrogen-bond acceptors (Lipinski definition) is 3. The van der Waals surface area contributed by atoms with E-state index in [0.29, 0.717) is 17.8 Å². The Morgan fingerprint density at radius 3 is 2.67 bits per heavy atom. The summed E-state index contributed by atoms with van der Waals surface area (Å²) in [5.41, 5.74) is 5.32. The monoisotopic (exact) mass is 378 g/mol. The first kappa shape index (κ1) is 15.1. The van der Waals surface area contributed by atoms with Crippen molar-refractivity contribution in [3.8, 4) is 0 Å². The molecule has 1 heterocycles. The molecule has 0 saturated carbocycles. The van der Waals surface area contributed by atoms with Gasteiger partial charge in [0.15, 0.2) is 0 Å². The number of benzene rings is 3. The molecule has 0 spiro atoms. The van der Waals surface area contributed by atoms with Crippen molar-refractivity contribution in [1.29, 1.82) is 0 Å². The number of Topliss-reactive ketones (excluding diaryl/α,β-unsaturated/α-hetero) is 1. The SMILES string of the molecule is O=C(C1=NNCC1c1ccc2ccccc2c1)c1cccc(Br)c1. The van der Waals surface area contributed by atoms with Gasteiger partial charge >= 0.3 is 0 Å². The molecule has 1 aliphatic rings. The highest BCUT2D eigenvalue weighted by atomic mass is 79.9. The minimum atomic E-state index is -0.0283. The van der Waals surface area contributed by atoms with E-state index in [-0.39, 0.29) is 11.7 Å². The predicted molar refractivity (Wildman–Crippen MR) is 101 cm³/mol. The second-order valence-corrected chi connectivity index (χ2v) is 6.77. The van der Waals surface area contributed by atoms with Gasteiger partial charge in [0.25, 0.3) is 0 Å². The number of rotatable bonds is 3. The number of carbonyl (C=O) groups excluding carboxylic acids is 1. The Bertz CT molecular complexity index is 965. The van der Waals surface area contributed by atoms with Crippen molar-refractivity contribution in [3.05, 3.63) is 82.3 Å². The highest BCUT2D eigenvalue weighted by Crippen LogP contribution is 2.26. The van der Waals surface area contributed by atoms with Gasteiger partial charge in [0.05, 0.1) is 5.92 Å². The van der Waals surface area contributed by atoms with Gasteiger partial charge in [-0.15, -0.1) is 0 Å². The summed E-state index contributed by atoms with van der Waals surface area (Å²) in [6.07, 6.45) is 0. The van der Waals surface area contributed by atoms with E-state index >= 15 is 0 Å². The van der Waals surface area contributed by atoms with Crippen LogP contribution in [0.15, 0.2) is 76.3 Å². The van der Waals surface area contributed by atoms with Crippen LogP contribution >= 0.6 is 15.9 Å². The molecule has 1 N–H and O–H groups in total. The average molecular weight is 379 g/mol. The molecule has 0 aliphatic carbocycles. The van der Waals surface area contributed by atoms with Gasteiger partial charge in [-0.25, -0.2) is 0 Å². The number of hydrazone groups is 1. The van der Waals surface area contributed by atoms with Crippen molar-refractivity contribution >= 4 is 38.2 Å². The van der Waals surface area contributed by atoms with Gasteiger partial charge in [-0.05, 0) is 28.5 Å². The van der Waals surface area contributed by atoms with E-state index in [2.05, 4.69) is 56.8 Å². The maximum Gasteiger partial charge on any atom is 0.209 e. The Labute approximate surface area is 148 Å². The highest BCUT2D eigenvalue weighted by molar-refractivity contribution is 9.10. The van der Waals surface area contributed by atoms with Gasteiger partial charge in [-0.1, -0.05) is 70.5 Å². The molecule has 4 heteroatoms. The average Bonchev–Trinajstić information content (AvgIpc) is 3.10. The van der Waals surface area contributed by atoms with Gasteiger partial charge in [-0.3, -0.25) is 4.79 Å². The molecule has 1 atom stereocenters. The Balaban J connectivity index is 1.70. The molecule has 0 saturated heterocycles. The van der Waals surface area contributed by atoms with Crippen molar-refractivity contribution in [2.75, 3.05) is 6.54 Å². The molecular formula is C20H15BrN2O. The lowest BCUT2D eigenvalue weighted by atomic mass is 9.89. The minimum Gasteiger partial charge on any atom is -0.309 e. The summed E-state index contributed by atoms with van der Waals surface area (Å²) in [6.45, 7) is 0.646. The zero-order chi connectivity index (χ0) is 16.5. The van der Waals surface area contributed by atoms with Gasteiger partial charge in [0.2, 0.25) is 5.78 Å². The Morgan fingerprint density at radius 2 is 1.83 bits per heavy atom. The van der Waals surface area contributed by atoms with Crippen LogP contribution in [0.4, 0.5) is 0 Å². The van der Waals surface area contributed by atoms with Crippen LogP contribution in [0.2, 0.25) is 0 Å². The molecule has 118 valence electrons. The van der Waals surface area contributed by atoms with Gasteiger partial charge in [0, 0.05) is 16.6 Å². The molecule has 0 bridgehead atoms. The summed E-state index contributed by atoms with van der Waals surface area (Å²) in [5.74, 6) is -0.0550. The van der Waals surface area contributed by atoms with Crippen LogP contribution in [-0.2, 0) is 0 Å². The molecule has 3 nitrogen and oxygen atoms in total. The molecule has 3 aromatic carbocycles. The number of fused-ring (bicyclic) bond motifs is 1. The molecule has 0 amide bonds. The van der Waals surface area contributed by atoms with E-state index in [9.17, 15) is 4.79 Å². The van der Waals surface area contributed by atoms with E-state index in [0.717, 1.165) is 10.0 Å². The van der Waals surface area contributed by atoms with E-state index in [1.165, 1.54) is 10.8 Å². The molecule has 0 aromatic heterocycles. The number of hydrogen-bond donors (Lipinski definition) is 1. The molecular weight excluding hydrogens is 364 g/mol. The number of nitrogens with one attached hydrogen (secondary N) is 1. The summed E-state index contributed by atoms with van der Waals surface area (Å²) in [5, 5.41) is 6.66. The first-order valence-electron chi connectivity index (χ1n) is 7.82. The normalized spacial score (nSPS) is 16.7. The van der Waals surface area contributed by atoms with Gasteiger partial charge in [0.1, 0.15) is 5.71 Å². The number of nitrogens with zero attached hydrogens (tertiary/aromatic N) is 1. The maximum absolute atomic E-state index is 12.9. The topological polar surface area (TPSA) is 41.5 Å². The first-order valence-corrected chi connectivity index (χ1v) is 8.61. The van der Waals surface area contributed by atoms with Crippen LogP contribution in [0.5, 0.6) is 0 Å². The van der Waals surface area contributed by atoms with Crippen molar-refractivity contribution in [3.63, 3.8) is 0 Å². The van der Waals surface area contributed by atoms with E-state index in [4.69, 9.17) is 0 Å². The first-order chi connectivity index (χ1) is 11.7. The third-order valence-corrected chi connectivity index (χ3v) is 4.81. The fourth-order valence-corrected chi connectivity index (χ4v) is 3.48. The smallest absolute Gasteiger partial charge is 0.209 e. The van der Waals surface area contributed by atoms with Crippen LogP contribution in [0, 0.1) is 0 Å². The van der Waals surface area contributed by atoms with Crippen molar-refractivity contribution in [2.45, 2.75) is 5.92 Å². The summed E-state index contributed by atoms with van der Waals surface area (Å²) in [6, 6.07) is 22.0. The summed E-state index contributed by atoms with van der Waals surface area (Å²) in [4.78, 5) is 12.9. The lowest BCUT2D eigenvalue weighted by molar-refractivity contribution is 0.106.